The van der Waals surface area contributed by atoms with Crippen LogP contribution in [0.5, 0.6) is 0 Å². The van der Waals surface area contributed by atoms with E-state index in [1.54, 1.807) is 12.1 Å². The maximum Gasteiger partial charge on any atom is 0.337 e. The van der Waals surface area contributed by atoms with Crippen LogP contribution in [0, 0.1) is 0 Å². The van der Waals surface area contributed by atoms with Gasteiger partial charge in [-0.15, -0.1) is 0 Å². The summed E-state index contributed by atoms with van der Waals surface area (Å²) < 4.78 is 36.3. The standard InChI is InChI=1S/C18H24O6S/c19-18(20)17(24-14-3-1-2-4-14)13-5-7-15(8-6-13)25(21,22)16-9-11-23-12-10-16/h5-8,14,16-17H,1-4,9-12H2,(H,19,20). The second-order valence-corrected chi connectivity index (χ2v) is 8.91. The van der Waals surface area contributed by atoms with Crippen LogP contribution < -0.4 is 0 Å². The van der Waals surface area contributed by atoms with E-state index in [4.69, 9.17) is 9.47 Å². The van der Waals surface area contributed by atoms with Crippen LogP contribution in [0.1, 0.15) is 50.2 Å². The molecule has 1 aromatic carbocycles. The van der Waals surface area contributed by atoms with Crippen LogP contribution in [0.25, 0.3) is 0 Å². The number of ether oxygens (including phenoxy) is 2. The van der Waals surface area contributed by atoms with Gasteiger partial charge < -0.3 is 14.6 Å². The van der Waals surface area contributed by atoms with Crippen LogP contribution in [0.3, 0.4) is 0 Å². The van der Waals surface area contributed by atoms with E-state index in [0.29, 0.717) is 31.6 Å². The van der Waals surface area contributed by atoms with E-state index in [2.05, 4.69) is 0 Å². The Morgan fingerprint density at radius 2 is 1.68 bits per heavy atom. The van der Waals surface area contributed by atoms with Crippen LogP contribution in [0.2, 0.25) is 0 Å². The van der Waals surface area contributed by atoms with Crippen molar-refractivity contribution < 1.29 is 27.8 Å². The Morgan fingerprint density at radius 1 is 1.08 bits per heavy atom. The molecule has 138 valence electrons. The normalized spacial score (nSPS) is 21.3. The summed E-state index contributed by atoms with van der Waals surface area (Å²) in [6.45, 7) is 0.913. The predicted molar refractivity (Wildman–Crippen MR) is 91.2 cm³/mol. The molecule has 3 rings (SSSR count). The van der Waals surface area contributed by atoms with Gasteiger partial charge in [0.15, 0.2) is 15.9 Å². The third kappa shape index (κ3) is 4.22. The first kappa shape index (κ1) is 18.4. The molecule has 0 aromatic heterocycles. The first-order valence-electron chi connectivity index (χ1n) is 8.78. The molecule has 2 fully saturated rings. The monoisotopic (exact) mass is 368 g/mol. The molecule has 1 atom stereocenters. The zero-order valence-corrected chi connectivity index (χ0v) is 14.9. The van der Waals surface area contributed by atoms with E-state index in [0.717, 1.165) is 25.7 Å². The van der Waals surface area contributed by atoms with Crippen LogP contribution in [0.15, 0.2) is 29.2 Å². The fourth-order valence-electron chi connectivity index (χ4n) is 3.51. The lowest BCUT2D eigenvalue weighted by Crippen LogP contribution is -2.29. The van der Waals surface area contributed by atoms with Gasteiger partial charge >= 0.3 is 5.97 Å². The van der Waals surface area contributed by atoms with E-state index < -0.39 is 27.2 Å². The molecular weight excluding hydrogens is 344 g/mol. The van der Waals surface area contributed by atoms with Gasteiger partial charge in [-0.1, -0.05) is 25.0 Å². The topological polar surface area (TPSA) is 89.9 Å². The maximum atomic E-state index is 12.7. The molecule has 1 unspecified atom stereocenters. The smallest absolute Gasteiger partial charge is 0.337 e. The number of carboxylic acid groups (broad SMARTS) is 1. The second kappa shape index (κ2) is 7.85. The van der Waals surface area contributed by atoms with Gasteiger partial charge in [-0.3, -0.25) is 0 Å². The molecule has 7 heteroatoms. The molecule has 0 bridgehead atoms. The fraction of sp³-hybridized carbons (Fsp3) is 0.611. The highest BCUT2D eigenvalue weighted by molar-refractivity contribution is 7.92. The Morgan fingerprint density at radius 3 is 2.24 bits per heavy atom. The van der Waals surface area contributed by atoms with Gasteiger partial charge in [0.1, 0.15) is 0 Å². The Kier molecular flexibility index (Phi) is 5.76. The van der Waals surface area contributed by atoms with Crippen molar-refractivity contribution in [2.24, 2.45) is 0 Å². The van der Waals surface area contributed by atoms with E-state index in [9.17, 15) is 18.3 Å². The lowest BCUT2D eigenvalue weighted by Gasteiger charge is -2.23. The van der Waals surface area contributed by atoms with Gasteiger partial charge in [0.2, 0.25) is 0 Å². The minimum absolute atomic E-state index is 0.0354. The van der Waals surface area contributed by atoms with Crippen molar-refractivity contribution in [1.29, 1.82) is 0 Å². The molecule has 0 spiro atoms. The average Bonchev–Trinajstić information content (AvgIpc) is 3.13. The first-order chi connectivity index (χ1) is 12.0. The highest BCUT2D eigenvalue weighted by Gasteiger charge is 2.31. The van der Waals surface area contributed by atoms with Gasteiger partial charge in [0, 0.05) is 13.2 Å². The largest absolute Gasteiger partial charge is 0.479 e. The molecule has 1 aliphatic heterocycles. The van der Waals surface area contributed by atoms with E-state index >= 15 is 0 Å². The summed E-state index contributed by atoms with van der Waals surface area (Å²) in [5.41, 5.74) is 0.477. The molecule has 6 nitrogen and oxygen atoms in total. The third-order valence-electron chi connectivity index (χ3n) is 4.97. The highest BCUT2D eigenvalue weighted by Crippen LogP contribution is 2.30. The quantitative estimate of drug-likeness (QED) is 0.830. The summed E-state index contributed by atoms with van der Waals surface area (Å²) in [6.07, 6.45) is 3.76. The van der Waals surface area contributed by atoms with E-state index in [1.807, 2.05) is 0 Å². The molecular formula is C18H24O6S. The number of carboxylic acids is 1. The molecule has 0 amide bonds. The van der Waals surface area contributed by atoms with Crippen LogP contribution in [-0.2, 0) is 24.1 Å². The van der Waals surface area contributed by atoms with Crippen molar-refractivity contribution in [3.8, 4) is 0 Å². The lowest BCUT2D eigenvalue weighted by atomic mass is 10.1. The molecule has 1 aliphatic carbocycles. The number of benzene rings is 1. The van der Waals surface area contributed by atoms with Crippen molar-refractivity contribution in [2.45, 2.75) is 60.9 Å². The number of rotatable bonds is 6. The van der Waals surface area contributed by atoms with Crippen molar-refractivity contribution in [3.05, 3.63) is 29.8 Å². The van der Waals surface area contributed by atoms with Crippen LogP contribution >= 0.6 is 0 Å². The number of carbonyl (C=O) groups is 1. The summed E-state index contributed by atoms with van der Waals surface area (Å²) in [6, 6.07) is 6.10. The van der Waals surface area contributed by atoms with Crippen molar-refractivity contribution in [1.82, 2.24) is 0 Å². The summed E-state index contributed by atoms with van der Waals surface area (Å²) in [7, 11) is -3.42. The van der Waals surface area contributed by atoms with Crippen LogP contribution in [0.4, 0.5) is 0 Å². The first-order valence-corrected chi connectivity index (χ1v) is 10.3. The van der Waals surface area contributed by atoms with Gasteiger partial charge in [-0.05, 0) is 43.4 Å². The predicted octanol–water partition coefficient (Wildman–Crippen LogP) is 2.72. The van der Waals surface area contributed by atoms with Gasteiger partial charge in [0.25, 0.3) is 0 Å². The maximum absolute atomic E-state index is 12.7. The van der Waals surface area contributed by atoms with Gasteiger partial charge in [-0.25, -0.2) is 13.2 Å². The second-order valence-electron chi connectivity index (χ2n) is 6.69. The Bertz CT molecular complexity index is 685. The fourth-order valence-corrected chi connectivity index (χ4v) is 5.22. The molecule has 0 radical (unpaired) electrons. The minimum Gasteiger partial charge on any atom is -0.479 e. The zero-order chi connectivity index (χ0) is 17.9. The van der Waals surface area contributed by atoms with Gasteiger partial charge in [0.05, 0.1) is 16.2 Å². The van der Waals surface area contributed by atoms with E-state index in [1.165, 1.54) is 12.1 Å². The molecule has 1 heterocycles. The number of hydrogen-bond acceptors (Lipinski definition) is 5. The third-order valence-corrected chi connectivity index (χ3v) is 7.25. The van der Waals surface area contributed by atoms with Crippen molar-refractivity contribution >= 4 is 15.8 Å². The number of hydrogen-bond donors (Lipinski definition) is 1. The molecule has 1 saturated carbocycles. The molecule has 1 saturated heterocycles. The molecule has 2 aliphatic rings. The van der Waals surface area contributed by atoms with Crippen LogP contribution in [-0.4, -0.2) is 44.1 Å². The van der Waals surface area contributed by atoms with Gasteiger partial charge in [-0.2, -0.15) is 0 Å². The Labute approximate surface area is 148 Å². The number of sulfone groups is 1. The summed E-state index contributed by atoms with van der Waals surface area (Å²) >= 11 is 0. The van der Waals surface area contributed by atoms with Crippen molar-refractivity contribution in [2.75, 3.05) is 13.2 Å². The summed E-state index contributed by atoms with van der Waals surface area (Å²) in [4.78, 5) is 11.8. The minimum atomic E-state index is -3.42. The lowest BCUT2D eigenvalue weighted by molar-refractivity contribution is -0.154. The van der Waals surface area contributed by atoms with Crippen molar-refractivity contribution in [3.63, 3.8) is 0 Å². The molecule has 1 aromatic rings. The number of aliphatic carboxylic acids is 1. The summed E-state index contributed by atoms with van der Waals surface area (Å²) in [5, 5.41) is 9.03. The Hall–Kier alpha value is -1.44. The zero-order valence-electron chi connectivity index (χ0n) is 14.1. The Balaban J connectivity index is 1.76. The van der Waals surface area contributed by atoms with E-state index in [-0.39, 0.29) is 11.0 Å². The average molecular weight is 368 g/mol. The highest BCUT2D eigenvalue weighted by atomic mass is 32.2. The molecule has 1 N–H and O–H groups in total. The SMILES string of the molecule is O=C(O)C(OC1CCCC1)c1ccc(S(=O)(=O)C2CCOCC2)cc1. The summed E-state index contributed by atoms with van der Waals surface area (Å²) in [5.74, 6) is -1.05. The molecule has 25 heavy (non-hydrogen) atoms.